The van der Waals surface area contributed by atoms with Crippen LogP contribution in [0.5, 0.6) is 0 Å². The van der Waals surface area contributed by atoms with Crippen molar-refractivity contribution in [2.75, 3.05) is 19.6 Å². The summed E-state index contributed by atoms with van der Waals surface area (Å²) in [5.41, 5.74) is 5.86. The van der Waals surface area contributed by atoms with E-state index in [4.69, 9.17) is 18.0 Å². The van der Waals surface area contributed by atoms with E-state index in [2.05, 4.69) is 37.5 Å². The molecule has 1 aliphatic rings. The van der Waals surface area contributed by atoms with Gasteiger partial charge in [-0.25, -0.2) is 0 Å². The molecule has 2 N–H and O–H groups in total. The molecule has 1 heterocycles. The zero-order valence-electron chi connectivity index (χ0n) is 9.58. The van der Waals surface area contributed by atoms with E-state index in [1.165, 1.54) is 0 Å². The molecule has 0 bridgehead atoms. The molecule has 0 aromatic rings. The first-order valence-electron chi connectivity index (χ1n) is 5.13. The molecule has 0 aliphatic carbocycles. The molecule has 0 unspecified atom stereocenters. The summed E-state index contributed by atoms with van der Waals surface area (Å²) in [4.78, 5) is 4.59. The molecular weight excluding hydrogens is 194 g/mol. The molecule has 1 fully saturated rings. The molecule has 0 aromatic carbocycles. The van der Waals surface area contributed by atoms with Crippen LogP contribution < -0.4 is 5.73 Å². The molecule has 0 aromatic heterocycles. The average Bonchev–Trinajstić information content (AvgIpc) is 2.01. The van der Waals surface area contributed by atoms with Gasteiger partial charge >= 0.3 is 0 Å². The van der Waals surface area contributed by atoms with Gasteiger partial charge in [-0.05, 0) is 39.9 Å². The maximum Gasteiger partial charge on any atom is 0.166 e. The highest BCUT2D eigenvalue weighted by Gasteiger charge is 2.31. The van der Waals surface area contributed by atoms with Gasteiger partial charge in [-0.2, -0.15) is 0 Å². The smallest absolute Gasteiger partial charge is 0.166 e. The lowest BCUT2D eigenvalue weighted by Gasteiger charge is -2.47. The Morgan fingerprint density at radius 2 is 1.93 bits per heavy atom. The number of hydrogen-bond donors (Lipinski definition) is 1. The number of rotatable bonds is 0. The van der Waals surface area contributed by atoms with Crippen LogP contribution in [0, 0.1) is 0 Å². The highest BCUT2D eigenvalue weighted by atomic mass is 32.1. The highest BCUT2D eigenvalue weighted by molar-refractivity contribution is 7.80. The lowest BCUT2D eigenvalue weighted by molar-refractivity contribution is 0.0412. The van der Waals surface area contributed by atoms with Gasteiger partial charge in [0.15, 0.2) is 5.11 Å². The van der Waals surface area contributed by atoms with Crippen molar-refractivity contribution < 1.29 is 0 Å². The van der Waals surface area contributed by atoms with E-state index in [1.807, 2.05) is 0 Å². The minimum atomic E-state index is 0.238. The van der Waals surface area contributed by atoms with Gasteiger partial charge in [0.1, 0.15) is 0 Å². The van der Waals surface area contributed by atoms with Crippen LogP contribution in [0.4, 0.5) is 0 Å². The highest BCUT2D eigenvalue weighted by Crippen LogP contribution is 2.20. The summed E-state index contributed by atoms with van der Waals surface area (Å²) in [6.45, 7) is 11.9. The monoisotopic (exact) mass is 215 g/mol. The molecule has 4 heteroatoms. The van der Waals surface area contributed by atoms with Gasteiger partial charge in [-0.15, -0.1) is 0 Å². The van der Waals surface area contributed by atoms with Crippen molar-refractivity contribution in [1.82, 2.24) is 9.80 Å². The third-order valence-electron chi connectivity index (χ3n) is 2.80. The standard InChI is InChI=1S/C10H21N3S/c1-8-7-12(9(11)14)5-6-13(8)10(2,3)4/h8H,5-7H2,1-4H3,(H2,11,14)/t8-/m1/s1. The summed E-state index contributed by atoms with van der Waals surface area (Å²) in [6.07, 6.45) is 0. The van der Waals surface area contributed by atoms with Gasteiger partial charge in [0.05, 0.1) is 0 Å². The predicted molar refractivity (Wildman–Crippen MR) is 64.3 cm³/mol. The van der Waals surface area contributed by atoms with Gasteiger partial charge < -0.3 is 10.6 Å². The molecule has 1 rings (SSSR count). The van der Waals surface area contributed by atoms with E-state index in [9.17, 15) is 0 Å². The number of hydrogen-bond acceptors (Lipinski definition) is 2. The third kappa shape index (κ3) is 2.58. The fourth-order valence-corrected chi connectivity index (χ4v) is 2.32. The normalized spacial score (nSPS) is 25.1. The summed E-state index contributed by atoms with van der Waals surface area (Å²) in [5, 5.41) is 0.533. The fourth-order valence-electron chi connectivity index (χ4n) is 2.15. The topological polar surface area (TPSA) is 32.5 Å². The second-order valence-electron chi connectivity index (χ2n) is 5.00. The zero-order chi connectivity index (χ0) is 10.9. The Balaban J connectivity index is 2.61. The van der Waals surface area contributed by atoms with Crippen molar-refractivity contribution in [1.29, 1.82) is 0 Å². The van der Waals surface area contributed by atoms with Crippen LogP contribution >= 0.6 is 12.2 Å². The van der Waals surface area contributed by atoms with E-state index in [-0.39, 0.29) is 5.54 Å². The lowest BCUT2D eigenvalue weighted by Crippen LogP contribution is -2.59. The van der Waals surface area contributed by atoms with Gasteiger partial charge in [0, 0.05) is 31.2 Å². The minimum Gasteiger partial charge on any atom is -0.376 e. The SMILES string of the molecule is C[C@@H]1CN(C(N)=S)CCN1C(C)(C)C. The van der Waals surface area contributed by atoms with Crippen molar-refractivity contribution in [3.63, 3.8) is 0 Å². The predicted octanol–water partition coefficient (Wildman–Crippen LogP) is 1.03. The van der Waals surface area contributed by atoms with Crippen molar-refractivity contribution in [2.45, 2.75) is 39.3 Å². The lowest BCUT2D eigenvalue weighted by atomic mass is 10.0. The zero-order valence-corrected chi connectivity index (χ0v) is 10.4. The Kier molecular flexibility index (Phi) is 3.37. The van der Waals surface area contributed by atoms with E-state index in [1.54, 1.807) is 0 Å². The first kappa shape index (κ1) is 11.7. The van der Waals surface area contributed by atoms with Crippen LogP contribution in [0.25, 0.3) is 0 Å². The van der Waals surface area contributed by atoms with Gasteiger partial charge in [0.2, 0.25) is 0 Å². The number of piperazine rings is 1. The van der Waals surface area contributed by atoms with Crippen LogP contribution in [0.1, 0.15) is 27.7 Å². The molecule has 0 radical (unpaired) electrons. The first-order valence-corrected chi connectivity index (χ1v) is 5.54. The van der Waals surface area contributed by atoms with Gasteiger partial charge in [-0.1, -0.05) is 0 Å². The van der Waals surface area contributed by atoms with Crippen LogP contribution in [-0.4, -0.2) is 46.1 Å². The van der Waals surface area contributed by atoms with Crippen LogP contribution in [0.2, 0.25) is 0 Å². The quantitative estimate of drug-likeness (QED) is 0.612. The average molecular weight is 215 g/mol. The summed E-state index contributed by atoms with van der Waals surface area (Å²) in [6, 6.07) is 0.519. The maximum absolute atomic E-state index is 5.62. The third-order valence-corrected chi connectivity index (χ3v) is 3.06. The molecule has 0 saturated carbocycles. The van der Waals surface area contributed by atoms with Crippen LogP contribution in [0.15, 0.2) is 0 Å². The van der Waals surface area contributed by atoms with E-state index >= 15 is 0 Å². The molecule has 3 nitrogen and oxygen atoms in total. The Morgan fingerprint density at radius 1 is 1.36 bits per heavy atom. The number of thiocarbonyl (C=S) groups is 1. The number of nitrogens with zero attached hydrogens (tertiary/aromatic N) is 2. The number of nitrogens with two attached hydrogens (primary N) is 1. The Morgan fingerprint density at radius 3 is 2.29 bits per heavy atom. The first-order chi connectivity index (χ1) is 6.32. The summed E-state index contributed by atoms with van der Waals surface area (Å²) < 4.78 is 0. The van der Waals surface area contributed by atoms with E-state index in [0.717, 1.165) is 19.6 Å². The van der Waals surface area contributed by atoms with Crippen molar-refractivity contribution in [2.24, 2.45) is 5.73 Å². The van der Waals surface area contributed by atoms with Crippen molar-refractivity contribution in [3.8, 4) is 0 Å². The van der Waals surface area contributed by atoms with Crippen LogP contribution in [0.3, 0.4) is 0 Å². The molecule has 14 heavy (non-hydrogen) atoms. The van der Waals surface area contributed by atoms with Gasteiger partial charge in [-0.3, -0.25) is 4.90 Å². The van der Waals surface area contributed by atoms with E-state index < -0.39 is 0 Å². The van der Waals surface area contributed by atoms with Crippen molar-refractivity contribution in [3.05, 3.63) is 0 Å². The maximum atomic E-state index is 5.62. The molecule has 1 saturated heterocycles. The molecule has 82 valence electrons. The molecule has 1 aliphatic heterocycles. The minimum absolute atomic E-state index is 0.238. The Bertz CT molecular complexity index is 222. The Hall–Kier alpha value is -0.350. The summed E-state index contributed by atoms with van der Waals surface area (Å²) in [7, 11) is 0. The molecule has 0 amide bonds. The molecular formula is C10H21N3S. The largest absolute Gasteiger partial charge is 0.376 e. The van der Waals surface area contributed by atoms with Crippen LogP contribution in [-0.2, 0) is 0 Å². The van der Waals surface area contributed by atoms with E-state index in [0.29, 0.717) is 11.2 Å². The Labute approximate surface area is 92.2 Å². The molecule has 0 spiro atoms. The summed E-state index contributed by atoms with van der Waals surface area (Å²) in [5.74, 6) is 0. The second kappa shape index (κ2) is 4.03. The fraction of sp³-hybridized carbons (Fsp3) is 0.900. The summed E-state index contributed by atoms with van der Waals surface area (Å²) >= 11 is 4.99. The second-order valence-corrected chi connectivity index (χ2v) is 5.42. The molecule has 1 atom stereocenters. The van der Waals surface area contributed by atoms with Gasteiger partial charge in [0.25, 0.3) is 0 Å². The van der Waals surface area contributed by atoms with Crippen molar-refractivity contribution >= 4 is 17.3 Å².